The Hall–Kier alpha value is -0.870. The predicted molar refractivity (Wildman–Crippen MR) is 83.1 cm³/mol. The third kappa shape index (κ3) is 3.18. The van der Waals surface area contributed by atoms with Crippen LogP contribution in [-0.4, -0.2) is 41.5 Å². The van der Waals surface area contributed by atoms with E-state index in [4.69, 9.17) is 17.3 Å². The molecule has 1 aliphatic heterocycles. The highest BCUT2D eigenvalue weighted by Gasteiger charge is 2.39. The lowest BCUT2D eigenvalue weighted by Gasteiger charge is -2.27. The van der Waals surface area contributed by atoms with Crippen molar-refractivity contribution in [2.45, 2.75) is 18.4 Å². The Labute approximate surface area is 123 Å². The fourth-order valence-corrected chi connectivity index (χ4v) is 3.57. The summed E-state index contributed by atoms with van der Waals surface area (Å²) in [6.45, 7) is 2.04. The van der Waals surface area contributed by atoms with Gasteiger partial charge in [-0.05, 0) is 24.1 Å². The Balaban J connectivity index is 1.63. The summed E-state index contributed by atoms with van der Waals surface area (Å²) in [6.07, 6.45) is 1.09. The molecule has 1 aliphatic carbocycles. The number of rotatable bonds is 2. The number of thioether (sulfide) groups is 1. The van der Waals surface area contributed by atoms with Gasteiger partial charge in [0.2, 0.25) is 0 Å². The first-order chi connectivity index (χ1) is 9.24. The van der Waals surface area contributed by atoms with Crippen molar-refractivity contribution in [2.24, 2.45) is 10.7 Å². The van der Waals surface area contributed by atoms with Crippen molar-refractivity contribution in [3.05, 3.63) is 34.9 Å². The van der Waals surface area contributed by atoms with Crippen LogP contribution in [0.4, 0.5) is 0 Å². The summed E-state index contributed by atoms with van der Waals surface area (Å²) in [6, 6.07) is 8.41. The maximum atomic E-state index is 6.10. The Kier molecular flexibility index (Phi) is 3.89. The largest absolute Gasteiger partial charge is 0.370 e. The van der Waals surface area contributed by atoms with Gasteiger partial charge in [0.05, 0.1) is 6.04 Å². The topological polar surface area (TPSA) is 41.6 Å². The van der Waals surface area contributed by atoms with Crippen LogP contribution in [0.15, 0.2) is 29.3 Å². The average molecular weight is 296 g/mol. The number of hydrogen-bond acceptors (Lipinski definition) is 2. The smallest absolute Gasteiger partial charge is 0.191 e. The molecule has 0 bridgehead atoms. The number of guanidine groups is 1. The highest BCUT2D eigenvalue weighted by atomic mass is 35.5. The summed E-state index contributed by atoms with van der Waals surface area (Å²) in [5.41, 5.74) is 7.38. The Morgan fingerprint density at radius 2 is 2.16 bits per heavy atom. The molecule has 5 heteroatoms. The maximum absolute atomic E-state index is 6.10. The van der Waals surface area contributed by atoms with Crippen LogP contribution in [0.25, 0.3) is 0 Å². The zero-order valence-electron chi connectivity index (χ0n) is 10.8. The highest BCUT2D eigenvalue weighted by Crippen LogP contribution is 2.44. The van der Waals surface area contributed by atoms with Crippen LogP contribution in [-0.2, 0) is 0 Å². The fraction of sp³-hybridized carbons (Fsp3) is 0.500. The molecule has 2 atom stereocenters. The van der Waals surface area contributed by atoms with Crippen molar-refractivity contribution in [3.8, 4) is 0 Å². The van der Waals surface area contributed by atoms with Gasteiger partial charge in [-0.3, -0.25) is 0 Å². The molecule has 1 aromatic carbocycles. The highest BCUT2D eigenvalue weighted by molar-refractivity contribution is 7.99. The minimum atomic E-state index is 0.341. The van der Waals surface area contributed by atoms with E-state index in [2.05, 4.69) is 16.0 Å². The van der Waals surface area contributed by atoms with Gasteiger partial charge in [-0.25, -0.2) is 4.99 Å². The third-order valence-electron chi connectivity index (χ3n) is 3.67. The lowest BCUT2D eigenvalue weighted by Crippen LogP contribution is -2.42. The standard InChI is InChI=1S/C14H18ClN3S/c15-11-3-1-2-10(8-11)12-9-13(12)17-14(16)18-4-6-19-7-5-18/h1-3,8,12-13H,4-7,9H2,(H2,16,17)/t12-,13+/m0/s1. The SMILES string of the molecule is NC(=N[C@@H]1C[C@H]1c1cccc(Cl)c1)N1CCSCC1. The third-order valence-corrected chi connectivity index (χ3v) is 4.84. The van der Waals surface area contributed by atoms with Crippen molar-refractivity contribution in [1.29, 1.82) is 0 Å². The summed E-state index contributed by atoms with van der Waals surface area (Å²) in [5.74, 6) is 3.52. The van der Waals surface area contributed by atoms with Gasteiger partial charge in [-0.15, -0.1) is 0 Å². The first-order valence-corrected chi connectivity index (χ1v) is 8.19. The summed E-state index contributed by atoms with van der Waals surface area (Å²) in [5, 5.41) is 0.799. The second-order valence-corrected chi connectivity index (χ2v) is 6.71. The minimum absolute atomic E-state index is 0.341. The summed E-state index contributed by atoms with van der Waals surface area (Å²) in [4.78, 5) is 6.87. The number of halogens is 1. The number of aliphatic imine (C=N–C) groups is 1. The molecular formula is C14H18ClN3S. The van der Waals surface area contributed by atoms with Gasteiger partial charge in [-0.2, -0.15) is 11.8 Å². The van der Waals surface area contributed by atoms with Crippen LogP contribution in [0.1, 0.15) is 17.9 Å². The first kappa shape index (κ1) is 13.1. The molecule has 2 N–H and O–H groups in total. The van der Waals surface area contributed by atoms with Crippen molar-refractivity contribution < 1.29 is 0 Å². The fourth-order valence-electron chi connectivity index (χ4n) is 2.46. The molecule has 1 aromatic rings. The molecule has 0 radical (unpaired) electrons. The van der Waals surface area contributed by atoms with E-state index in [1.807, 2.05) is 30.0 Å². The molecule has 0 aromatic heterocycles. The van der Waals surface area contributed by atoms with Crippen LogP contribution in [0, 0.1) is 0 Å². The molecule has 3 nitrogen and oxygen atoms in total. The van der Waals surface area contributed by atoms with Crippen LogP contribution in [0.5, 0.6) is 0 Å². The molecule has 1 heterocycles. The van der Waals surface area contributed by atoms with Gasteiger partial charge in [0.25, 0.3) is 0 Å². The number of nitrogens with two attached hydrogens (primary N) is 1. The van der Waals surface area contributed by atoms with E-state index in [1.165, 1.54) is 5.56 Å². The Morgan fingerprint density at radius 1 is 1.37 bits per heavy atom. The van der Waals surface area contributed by atoms with Crippen LogP contribution >= 0.6 is 23.4 Å². The number of benzene rings is 1. The molecule has 19 heavy (non-hydrogen) atoms. The van der Waals surface area contributed by atoms with E-state index in [1.54, 1.807) is 0 Å². The molecular weight excluding hydrogens is 278 g/mol. The Morgan fingerprint density at radius 3 is 2.89 bits per heavy atom. The van der Waals surface area contributed by atoms with Gasteiger partial charge < -0.3 is 10.6 Å². The van der Waals surface area contributed by atoms with E-state index in [-0.39, 0.29) is 0 Å². The molecule has 0 amide bonds. The zero-order chi connectivity index (χ0) is 13.2. The molecule has 0 unspecified atom stereocenters. The molecule has 1 saturated carbocycles. The van der Waals surface area contributed by atoms with Gasteiger partial charge in [0.15, 0.2) is 5.96 Å². The van der Waals surface area contributed by atoms with Crippen molar-refractivity contribution in [2.75, 3.05) is 24.6 Å². The van der Waals surface area contributed by atoms with Crippen LogP contribution < -0.4 is 5.73 Å². The Bertz CT molecular complexity index is 485. The normalized spacial score (nSPS) is 27.4. The minimum Gasteiger partial charge on any atom is -0.370 e. The molecule has 1 saturated heterocycles. The van der Waals surface area contributed by atoms with E-state index in [9.17, 15) is 0 Å². The second kappa shape index (κ2) is 5.63. The van der Waals surface area contributed by atoms with Gasteiger partial charge in [0.1, 0.15) is 0 Å². The molecule has 102 valence electrons. The first-order valence-electron chi connectivity index (χ1n) is 6.65. The van der Waals surface area contributed by atoms with Crippen LogP contribution in [0.3, 0.4) is 0 Å². The average Bonchev–Trinajstić information content (AvgIpc) is 3.19. The van der Waals surface area contributed by atoms with Gasteiger partial charge in [-0.1, -0.05) is 23.7 Å². The van der Waals surface area contributed by atoms with E-state index >= 15 is 0 Å². The van der Waals surface area contributed by atoms with Crippen molar-refractivity contribution in [1.82, 2.24) is 4.90 Å². The zero-order valence-corrected chi connectivity index (χ0v) is 12.3. The molecule has 3 rings (SSSR count). The van der Waals surface area contributed by atoms with Crippen molar-refractivity contribution in [3.63, 3.8) is 0 Å². The van der Waals surface area contributed by atoms with Crippen molar-refractivity contribution >= 4 is 29.3 Å². The van der Waals surface area contributed by atoms with Crippen LogP contribution in [0.2, 0.25) is 5.02 Å². The maximum Gasteiger partial charge on any atom is 0.191 e. The lowest BCUT2D eigenvalue weighted by atomic mass is 10.1. The monoisotopic (exact) mass is 295 g/mol. The lowest BCUT2D eigenvalue weighted by molar-refractivity contribution is 0.455. The second-order valence-electron chi connectivity index (χ2n) is 5.05. The van der Waals surface area contributed by atoms with E-state index in [0.717, 1.165) is 42.0 Å². The number of hydrogen-bond donors (Lipinski definition) is 1. The summed E-state index contributed by atoms with van der Waals surface area (Å²) in [7, 11) is 0. The van der Waals surface area contributed by atoms with Gasteiger partial charge >= 0.3 is 0 Å². The molecule has 2 fully saturated rings. The summed E-state index contributed by atoms with van der Waals surface area (Å²) >= 11 is 8.00. The quantitative estimate of drug-likeness (QED) is 0.673. The predicted octanol–water partition coefficient (Wildman–Crippen LogP) is 2.56. The van der Waals surface area contributed by atoms with E-state index in [0.29, 0.717) is 12.0 Å². The van der Waals surface area contributed by atoms with E-state index < -0.39 is 0 Å². The summed E-state index contributed by atoms with van der Waals surface area (Å²) < 4.78 is 0. The molecule has 2 aliphatic rings. The van der Waals surface area contributed by atoms with Gasteiger partial charge in [0, 0.05) is 35.5 Å². The number of nitrogens with zero attached hydrogens (tertiary/aromatic N) is 2. The molecule has 0 spiro atoms.